The Balaban J connectivity index is 2.15. The molecule has 2 heterocycles. The number of methoxy groups -OCH3 is 2. The number of carboxylic acid groups (broad SMARTS) is 1. The summed E-state index contributed by atoms with van der Waals surface area (Å²) in [6.07, 6.45) is 1.65. The maximum Gasteiger partial charge on any atom is 0.339 e. The molecule has 0 aliphatic heterocycles. The highest BCUT2D eigenvalue weighted by Crippen LogP contribution is 2.31. The maximum atomic E-state index is 11.2. The van der Waals surface area contributed by atoms with E-state index < -0.39 is 5.97 Å². The first kappa shape index (κ1) is 13.9. The number of carbonyl (C=O) groups is 1. The zero-order valence-electron chi connectivity index (χ0n) is 12.0. The van der Waals surface area contributed by atoms with Crippen molar-refractivity contribution < 1.29 is 19.4 Å². The molecule has 0 bridgehead atoms. The van der Waals surface area contributed by atoms with Crippen LogP contribution in [0, 0.1) is 0 Å². The Bertz CT molecular complexity index is 857. The molecule has 1 N–H and O–H groups in total. The smallest absolute Gasteiger partial charge is 0.339 e. The Morgan fingerprint density at radius 2 is 1.95 bits per heavy atom. The molecule has 0 unspecified atom stereocenters. The van der Waals surface area contributed by atoms with E-state index in [2.05, 4.69) is 10.1 Å². The number of fused-ring (bicyclic) bond motifs is 1. The lowest BCUT2D eigenvalue weighted by molar-refractivity contribution is 0.0698. The van der Waals surface area contributed by atoms with Gasteiger partial charge in [0, 0.05) is 11.8 Å². The molecule has 112 valence electrons. The van der Waals surface area contributed by atoms with Gasteiger partial charge in [-0.1, -0.05) is 0 Å². The zero-order valence-corrected chi connectivity index (χ0v) is 12.0. The van der Waals surface area contributed by atoms with Crippen molar-refractivity contribution in [3.05, 3.63) is 42.1 Å². The number of hydrogen-bond donors (Lipinski definition) is 1. The first-order valence-electron chi connectivity index (χ1n) is 6.45. The van der Waals surface area contributed by atoms with E-state index in [0.717, 1.165) is 0 Å². The minimum Gasteiger partial charge on any atom is -0.493 e. The zero-order chi connectivity index (χ0) is 15.7. The highest BCUT2D eigenvalue weighted by atomic mass is 16.5. The monoisotopic (exact) mass is 299 g/mol. The van der Waals surface area contributed by atoms with E-state index in [1.54, 1.807) is 44.7 Å². The number of rotatable bonds is 4. The van der Waals surface area contributed by atoms with E-state index in [4.69, 9.17) is 9.47 Å². The maximum absolute atomic E-state index is 11.2. The van der Waals surface area contributed by atoms with Crippen molar-refractivity contribution in [2.24, 2.45) is 0 Å². The van der Waals surface area contributed by atoms with Gasteiger partial charge >= 0.3 is 5.97 Å². The summed E-state index contributed by atoms with van der Waals surface area (Å²) in [7, 11) is 3.10. The third kappa shape index (κ3) is 2.22. The molecular weight excluding hydrogens is 286 g/mol. The van der Waals surface area contributed by atoms with Gasteiger partial charge in [0.25, 0.3) is 0 Å². The second kappa shape index (κ2) is 5.36. The number of benzene rings is 1. The van der Waals surface area contributed by atoms with Crippen LogP contribution in [0.15, 0.2) is 36.5 Å². The van der Waals surface area contributed by atoms with Crippen molar-refractivity contribution >= 4 is 11.6 Å². The number of hydrogen-bond acceptors (Lipinski definition) is 5. The average molecular weight is 299 g/mol. The van der Waals surface area contributed by atoms with E-state index >= 15 is 0 Å². The van der Waals surface area contributed by atoms with Gasteiger partial charge in [-0.05, 0) is 30.3 Å². The van der Waals surface area contributed by atoms with Crippen LogP contribution in [0.3, 0.4) is 0 Å². The van der Waals surface area contributed by atoms with Gasteiger partial charge in [0.2, 0.25) is 0 Å². The molecule has 0 saturated heterocycles. The Hall–Kier alpha value is -3.09. The van der Waals surface area contributed by atoms with Gasteiger partial charge in [-0.15, -0.1) is 5.10 Å². The minimum absolute atomic E-state index is 0.0988. The summed E-state index contributed by atoms with van der Waals surface area (Å²) in [6, 6.07) is 8.39. The number of carboxylic acids is 1. The van der Waals surface area contributed by atoms with Gasteiger partial charge in [0.1, 0.15) is 5.56 Å². The molecule has 0 fully saturated rings. The molecular formula is C15H13N3O4. The Labute approximate surface area is 125 Å². The van der Waals surface area contributed by atoms with Gasteiger partial charge in [-0.2, -0.15) is 0 Å². The Morgan fingerprint density at radius 1 is 1.18 bits per heavy atom. The summed E-state index contributed by atoms with van der Waals surface area (Å²) in [5, 5.41) is 13.5. The second-order valence-electron chi connectivity index (χ2n) is 4.50. The lowest BCUT2D eigenvalue weighted by Gasteiger charge is -2.07. The van der Waals surface area contributed by atoms with Crippen LogP contribution in [0.4, 0.5) is 0 Å². The number of ether oxygens (including phenoxy) is 2. The molecule has 0 amide bonds. The lowest BCUT2D eigenvalue weighted by Crippen LogP contribution is -2.00. The molecule has 0 aliphatic carbocycles. The standard InChI is InChI=1S/C15H13N3O4/c1-21-11-6-5-9(8-12(11)22-2)13-16-14-10(15(19)20)4-3-7-18(14)17-13/h3-8H,1-2H3,(H,19,20). The molecule has 0 aliphatic rings. The summed E-state index contributed by atoms with van der Waals surface area (Å²) < 4.78 is 11.9. The van der Waals surface area contributed by atoms with Gasteiger partial charge in [-0.3, -0.25) is 0 Å². The topological polar surface area (TPSA) is 86.0 Å². The normalized spacial score (nSPS) is 10.6. The van der Waals surface area contributed by atoms with Crippen molar-refractivity contribution in [2.45, 2.75) is 0 Å². The fourth-order valence-electron chi connectivity index (χ4n) is 2.17. The molecule has 0 saturated carbocycles. The second-order valence-corrected chi connectivity index (χ2v) is 4.50. The molecule has 2 aromatic heterocycles. The molecule has 7 heteroatoms. The van der Waals surface area contributed by atoms with Crippen LogP contribution in [0.5, 0.6) is 11.5 Å². The van der Waals surface area contributed by atoms with Crippen molar-refractivity contribution in [3.63, 3.8) is 0 Å². The van der Waals surface area contributed by atoms with Crippen LogP contribution >= 0.6 is 0 Å². The van der Waals surface area contributed by atoms with Crippen LogP contribution in [0.25, 0.3) is 17.0 Å². The van der Waals surface area contributed by atoms with Crippen molar-refractivity contribution in [2.75, 3.05) is 14.2 Å². The predicted octanol–water partition coefficient (Wildman–Crippen LogP) is 2.11. The molecule has 1 aromatic carbocycles. The average Bonchev–Trinajstić information content (AvgIpc) is 2.97. The summed E-state index contributed by atoms with van der Waals surface area (Å²) >= 11 is 0. The molecule has 7 nitrogen and oxygen atoms in total. The fourth-order valence-corrected chi connectivity index (χ4v) is 2.17. The van der Waals surface area contributed by atoms with Gasteiger partial charge in [-0.25, -0.2) is 14.3 Å². The molecule has 0 radical (unpaired) electrons. The highest BCUT2D eigenvalue weighted by Gasteiger charge is 2.15. The highest BCUT2D eigenvalue weighted by molar-refractivity contribution is 5.94. The number of nitrogens with zero attached hydrogens (tertiary/aromatic N) is 3. The minimum atomic E-state index is -1.04. The first-order chi connectivity index (χ1) is 10.6. The number of pyridine rings is 1. The van der Waals surface area contributed by atoms with Crippen LogP contribution in [-0.2, 0) is 0 Å². The van der Waals surface area contributed by atoms with Crippen molar-refractivity contribution in [1.82, 2.24) is 14.6 Å². The van der Waals surface area contributed by atoms with Crippen molar-refractivity contribution in [3.8, 4) is 22.9 Å². The summed E-state index contributed by atoms with van der Waals surface area (Å²) in [5.74, 6) is 0.519. The summed E-state index contributed by atoms with van der Waals surface area (Å²) in [4.78, 5) is 15.5. The number of aromatic nitrogens is 3. The van der Waals surface area contributed by atoms with Crippen LogP contribution in [0.1, 0.15) is 10.4 Å². The molecule has 0 spiro atoms. The van der Waals surface area contributed by atoms with E-state index in [-0.39, 0.29) is 5.56 Å². The van der Waals surface area contributed by atoms with Gasteiger partial charge < -0.3 is 14.6 Å². The number of aromatic carboxylic acids is 1. The molecule has 22 heavy (non-hydrogen) atoms. The lowest BCUT2D eigenvalue weighted by atomic mass is 10.2. The van der Waals surface area contributed by atoms with Crippen LogP contribution in [0.2, 0.25) is 0 Å². The summed E-state index contributed by atoms with van der Waals surface area (Å²) in [6.45, 7) is 0. The van der Waals surface area contributed by atoms with E-state index in [1.165, 1.54) is 10.6 Å². The molecule has 0 atom stereocenters. The van der Waals surface area contributed by atoms with E-state index in [0.29, 0.717) is 28.5 Å². The molecule has 3 rings (SSSR count). The Morgan fingerprint density at radius 3 is 2.64 bits per heavy atom. The quantitative estimate of drug-likeness (QED) is 0.794. The van der Waals surface area contributed by atoms with Crippen LogP contribution in [-0.4, -0.2) is 39.9 Å². The van der Waals surface area contributed by atoms with Crippen molar-refractivity contribution in [1.29, 1.82) is 0 Å². The first-order valence-corrected chi connectivity index (χ1v) is 6.45. The Kier molecular flexibility index (Phi) is 3.38. The fraction of sp³-hybridized carbons (Fsp3) is 0.133. The van der Waals surface area contributed by atoms with Crippen LogP contribution < -0.4 is 9.47 Å². The largest absolute Gasteiger partial charge is 0.493 e. The summed E-state index contributed by atoms with van der Waals surface area (Å²) in [5.41, 5.74) is 1.10. The molecule has 3 aromatic rings. The third-order valence-corrected chi connectivity index (χ3v) is 3.23. The SMILES string of the molecule is COc1ccc(-c2nc3c(C(=O)O)cccn3n2)cc1OC. The predicted molar refractivity (Wildman–Crippen MR) is 78.5 cm³/mol. The third-order valence-electron chi connectivity index (χ3n) is 3.23. The van der Waals surface area contributed by atoms with Gasteiger partial charge in [0.05, 0.1) is 14.2 Å². The van der Waals surface area contributed by atoms with E-state index in [9.17, 15) is 9.90 Å². The van der Waals surface area contributed by atoms with E-state index in [1.807, 2.05) is 0 Å². The van der Waals surface area contributed by atoms with Gasteiger partial charge in [0.15, 0.2) is 23.0 Å².